The normalized spacial score (nSPS) is 21.3. The molecule has 1 atom stereocenters. The molecule has 1 aromatic carbocycles. The van der Waals surface area contributed by atoms with Gasteiger partial charge in [0.05, 0.1) is 0 Å². The lowest BCUT2D eigenvalue weighted by Gasteiger charge is -2.30. The molecule has 1 amide bonds. The van der Waals surface area contributed by atoms with Gasteiger partial charge in [-0.25, -0.2) is 0 Å². The van der Waals surface area contributed by atoms with Crippen molar-refractivity contribution >= 4 is 11.6 Å². The fourth-order valence-corrected chi connectivity index (χ4v) is 3.09. The quantitative estimate of drug-likeness (QED) is 0.849. The van der Waals surface area contributed by atoms with Crippen molar-refractivity contribution in [3.8, 4) is 0 Å². The Hall–Kier alpha value is -1.51. The molecule has 0 aliphatic heterocycles. The number of anilines is 1. The summed E-state index contributed by atoms with van der Waals surface area (Å²) in [5.74, 6) is 0.434. The van der Waals surface area contributed by atoms with Crippen LogP contribution in [-0.4, -0.2) is 17.9 Å². The van der Waals surface area contributed by atoms with Gasteiger partial charge in [0.15, 0.2) is 0 Å². The Labute approximate surface area is 115 Å². The van der Waals surface area contributed by atoms with Crippen LogP contribution in [0, 0.1) is 11.3 Å². The molecule has 0 heterocycles. The molecule has 3 nitrogen and oxygen atoms in total. The van der Waals surface area contributed by atoms with E-state index >= 15 is 0 Å². The number of rotatable bonds is 3. The van der Waals surface area contributed by atoms with Crippen LogP contribution in [0.2, 0.25) is 0 Å². The Morgan fingerprint density at radius 1 is 1.47 bits per heavy atom. The Morgan fingerprint density at radius 3 is 2.79 bits per heavy atom. The molecule has 1 saturated carbocycles. The van der Waals surface area contributed by atoms with Crippen LogP contribution in [-0.2, 0) is 11.3 Å². The van der Waals surface area contributed by atoms with Gasteiger partial charge >= 0.3 is 0 Å². The van der Waals surface area contributed by atoms with Gasteiger partial charge in [-0.15, -0.1) is 0 Å². The highest BCUT2D eigenvalue weighted by Gasteiger charge is 2.40. The maximum absolute atomic E-state index is 12.5. The Balaban J connectivity index is 2.04. The third-order valence-electron chi connectivity index (χ3n) is 4.30. The summed E-state index contributed by atoms with van der Waals surface area (Å²) in [4.78, 5) is 14.4. The van der Waals surface area contributed by atoms with E-state index in [-0.39, 0.29) is 17.2 Å². The Kier molecular flexibility index (Phi) is 3.83. The van der Waals surface area contributed by atoms with Gasteiger partial charge in [0.1, 0.15) is 0 Å². The number of nitrogen functional groups attached to an aromatic ring is 1. The molecule has 2 N–H and O–H groups in total. The average Bonchev–Trinajstić information content (AvgIpc) is 2.68. The van der Waals surface area contributed by atoms with Crippen LogP contribution >= 0.6 is 0 Å². The molecule has 0 saturated heterocycles. The molecular weight excluding hydrogens is 236 g/mol. The van der Waals surface area contributed by atoms with Crippen LogP contribution in [0.25, 0.3) is 0 Å². The largest absolute Gasteiger partial charge is 0.399 e. The fraction of sp³-hybridized carbons (Fsp3) is 0.562. The highest BCUT2D eigenvalue weighted by molar-refractivity contribution is 5.79. The zero-order valence-corrected chi connectivity index (χ0v) is 12.1. The van der Waals surface area contributed by atoms with E-state index in [1.807, 2.05) is 36.2 Å². The molecular formula is C16H24N2O. The first kappa shape index (κ1) is 13.9. The summed E-state index contributed by atoms with van der Waals surface area (Å²) >= 11 is 0. The number of nitrogens with zero attached hydrogens (tertiary/aromatic N) is 1. The summed E-state index contributed by atoms with van der Waals surface area (Å²) in [6.45, 7) is 5.05. The molecule has 0 aromatic heterocycles. The predicted molar refractivity (Wildman–Crippen MR) is 78.5 cm³/mol. The predicted octanol–water partition coefficient (Wildman–Crippen LogP) is 3.05. The van der Waals surface area contributed by atoms with E-state index in [4.69, 9.17) is 5.73 Å². The molecule has 104 valence electrons. The number of carbonyl (C=O) groups is 1. The molecule has 0 spiro atoms. The van der Waals surface area contributed by atoms with Crippen molar-refractivity contribution in [1.82, 2.24) is 4.90 Å². The molecule has 1 aliphatic rings. The molecule has 3 heteroatoms. The van der Waals surface area contributed by atoms with Gasteiger partial charge in [-0.05, 0) is 36.0 Å². The number of benzene rings is 1. The van der Waals surface area contributed by atoms with Crippen molar-refractivity contribution in [2.24, 2.45) is 11.3 Å². The second-order valence-electron chi connectivity index (χ2n) is 6.37. The first-order chi connectivity index (χ1) is 8.90. The summed E-state index contributed by atoms with van der Waals surface area (Å²) in [5.41, 5.74) is 7.75. The molecule has 1 aromatic rings. The van der Waals surface area contributed by atoms with Crippen molar-refractivity contribution in [2.75, 3.05) is 12.8 Å². The number of hydrogen-bond donors (Lipinski definition) is 1. The summed E-state index contributed by atoms with van der Waals surface area (Å²) in [6, 6.07) is 7.75. The molecule has 2 rings (SSSR count). The molecule has 1 unspecified atom stereocenters. The van der Waals surface area contributed by atoms with E-state index < -0.39 is 0 Å². The van der Waals surface area contributed by atoms with E-state index in [0.717, 1.165) is 30.5 Å². The smallest absolute Gasteiger partial charge is 0.226 e. The highest BCUT2D eigenvalue weighted by atomic mass is 16.2. The topological polar surface area (TPSA) is 46.3 Å². The summed E-state index contributed by atoms with van der Waals surface area (Å²) in [5, 5.41) is 0. The molecule has 19 heavy (non-hydrogen) atoms. The number of carbonyl (C=O) groups excluding carboxylic acids is 1. The van der Waals surface area contributed by atoms with Crippen LogP contribution in [0.1, 0.15) is 38.7 Å². The summed E-state index contributed by atoms with van der Waals surface area (Å²) in [7, 11) is 1.89. The van der Waals surface area contributed by atoms with Gasteiger partial charge in [-0.3, -0.25) is 4.79 Å². The second-order valence-corrected chi connectivity index (χ2v) is 6.37. The Morgan fingerprint density at radius 2 is 2.21 bits per heavy atom. The summed E-state index contributed by atoms with van der Waals surface area (Å²) < 4.78 is 0. The lowest BCUT2D eigenvalue weighted by Crippen LogP contribution is -2.37. The van der Waals surface area contributed by atoms with Crippen molar-refractivity contribution in [3.05, 3.63) is 29.8 Å². The highest BCUT2D eigenvalue weighted by Crippen LogP contribution is 2.43. The van der Waals surface area contributed by atoms with Crippen LogP contribution < -0.4 is 5.73 Å². The third kappa shape index (κ3) is 3.09. The zero-order chi connectivity index (χ0) is 14.0. The molecule has 1 aliphatic carbocycles. The molecule has 0 radical (unpaired) electrons. The molecule has 1 fully saturated rings. The van der Waals surface area contributed by atoms with Gasteiger partial charge < -0.3 is 10.6 Å². The number of hydrogen-bond acceptors (Lipinski definition) is 2. The lowest BCUT2D eigenvalue weighted by molar-refractivity contribution is -0.137. The third-order valence-corrected chi connectivity index (χ3v) is 4.30. The van der Waals surface area contributed by atoms with Gasteiger partial charge in [0.25, 0.3) is 0 Å². The monoisotopic (exact) mass is 260 g/mol. The minimum Gasteiger partial charge on any atom is -0.399 e. The van der Waals surface area contributed by atoms with Crippen LogP contribution in [0.4, 0.5) is 5.69 Å². The van der Waals surface area contributed by atoms with E-state index in [1.54, 1.807) is 0 Å². The van der Waals surface area contributed by atoms with Gasteiger partial charge in [-0.2, -0.15) is 0 Å². The average molecular weight is 260 g/mol. The van der Waals surface area contributed by atoms with E-state index in [2.05, 4.69) is 13.8 Å². The van der Waals surface area contributed by atoms with Crippen molar-refractivity contribution in [2.45, 2.75) is 39.7 Å². The molecule has 0 bridgehead atoms. The number of nitrogens with two attached hydrogens (primary N) is 1. The van der Waals surface area contributed by atoms with Crippen molar-refractivity contribution in [1.29, 1.82) is 0 Å². The van der Waals surface area contributed by atoms with Gasteiger partial charge in [0, 0.05) is 25.2 Å². The Bertz CT molecular complexity index is 468. The first-order valence-electron chi connectivity index (χ1n) is 6.99. The van der Waals surface area contributed by atoms with Crippen LogP contribution in [0.5, 0.6) is 0 Å². The minimum absolute atomic E-state index is 0.140. The van der Waals surface area contributed by atoms with Crippen LogP contribution in [0.3, 0.4) is 0 Å². The van der Waals surface area contributed by atoms with Crippen LogP contribution in [0.15, 0.2) is 24.3 Å². The summed E-state index contributed by atoms with van der Waals surface area (Å²) in [6.07, 6.45) is 3.33. The standard InChI is InChI=1S/C16H24N2O/c1-16(2)9-5-8-14(16)15(19)18(3)11-12-6-4-7-13(17)10-12/h4,6-7,10,14H,5,8-9,11,17H2,1-3H3. The van der Waals surface area contributed by atoms with Crippen molar-refractivity contribution in [3.63, 3.8) is 0 Å². The maximum atomic E-state index is 12.5. The number of amides is 1. The lowest BCUT2D eigenvalue weighted by atomic mass is 9.81. The van der Waals surface area contributed by atoms with E-state index in [9.17, 15) is 4.79 Å². The zero-order valence-electron chi connectivity index (χ0n) is 12.1. The maximum Gasteiger partial charge on any atom is 0.226 e. The van der Waals surface area contributed by atoms with Crippen molar-refractivity contribution < 1.29 is 4.79 Å². The SMILES string of the molecule is CN(Cc1cccc(N)c1)C(=O)C1CCCC1(C)C. The first-order valence-corrected chi connectivity index (χ1v) is 6.99. The second kappa shape index (κ2) is 5.24. The fourth-order valence-electron chi connectivity index (χ4n) is 3.09. The van der Waals surface area contributed by atoms with E-state index in [0.29, 0.717) is 6.54 Å². The minimum atomic E-state index is 0.140. The van der Waals surface area contributed by atoms with E-state index in [1.165, 1.54) is 0 Å². The van der Waals surface area contributed by atoms with Gasteiger partial charge in [-0.1, -0.05) is 32.4 Å². The van der Waals surface area contributed by atoms with Gasteiger partial charge in [0.2, 0.25) is 5.91 Å².